The Morgan fingerprint density at radius 2 is 1.96 bits per heavy atom. The number of para-hydroxylation sites is 1. The zero-order valence-corrected chi connectivity index (χ0v) is 14.3. The Morgan fingerprint density at radius 1 is 1.19 bits per heavy atom. The van der Waals surface area contributed by atoms with Gasteiger partial charge in [0.05, 0.1) is 23.1 Å². The first-order chi connectivity index (χ1) is 13.0. The van der Waals surface area contributed by atoms with Crippen LogP contribution in [0.3, 0.4) is 0 Å². The minimum atomic E-state index is -1.04. The molecule has 1 heterocycles. The molecular weight excluding hydrogens is 355 g/mol. The van der Waals surface area contributed by atoms with Crippen LogP contribution < -0.4 is 15.8 Å². The number of fused-ring (bicyclic) bond motifs is 1. The second kappa shape index (κ2) is 7.81. The number of nitrogens with one attached hydrogen (secondary N) is 2. The van der Waals surface area contributed by atoms with Gasteiger partial charge in [0.25, 0.3) is 17.5 Å². The summed E-state index contributed by atoms with van der Waals surface area (Å²) in [5.41, 5.74) is 5.65. The van der Waals surface area contributed by atoms with Crippen LogP contribution in [0.5, 0.6) is 0 Å². The van der Waals surface area contributed by atoms with Gasteiger partial charge < -0.3 is 4.90 Å². The molecular formula is C18H17FN4O4. The summed E-state index contributed by atoms with van der Waals surface area (Å²) in [5, 5.41) is 10.6. The number of hydrogen-bond donors (Lipinski definition) is 2. The van der Waals surface area contributed by atoms with Gasteiger partial charge in [0.2, 0.25) is 0 Å². The summed E-state index contributed by atoms with van der Waals surface area (Å²) in [4.78, 5) is 35.9. The standard InChI is InChI=1S/C18H17FN4O4/c19-15-10-13(23(26)27)7-8-14(15)18(25)21-20-17(24)11-22-9-3-5-12-4-1-2-6-16(12)22/h1-2,4,6-8,10H,3,5,9,11H2,(H,20,24)(H,21,25). The molecule has 2 aromatic carbocycles. The number of rotatable bonds is 4. The second-order valence-electron chi connectivity index (χ2n) is 6.08. The second-order valence-corrected chi connectivity index (χ2v) is 6.08. The highest BCUT2D eigenvalue weighted by Crippen LogP contribution is 2.26. The fourth-order valence-corrected chi connectivity index (χ4v) is 2.98. The molecule has 27 heavy (non-hydrogen) atoms. The normalized spacial score (nSPS) is 12.9. The Kier molecular flexibility index (Phi) is 5.30. The van der Waals surface area contributed by atoms with E-state index in [0.717, 1.165) is 42.8 Å². The van der Waals surface area contributed by atoms with E-state index in [0.29, 0.717) is 6.07 Å². The monoisotopic (exact) mass is 372 g/mol. The lowest BCUT2D eigenvalue weighted by Gasteiger charge is -2.30. The van der Waals surface area contributed by atoms with Gasteiger partial charge in [-0.3, -0.25) is 30.6 Å². The summed E-state index contributed by atoms with van der Waals surface area (Å²) in [6.45, 7) is 0.759. The molecule has 0 bridgehead atoms. The lowest BCUT2D eigenvalue weighted by atomic mass is 10.0. The number of anilines is 1. The first kappa shape index (κ1) is 18.3. The van der Waals surface area contributed by atoms with Gasteiger partial charge in [-0.1, -0.05) is 18.2 Å². The number of aryl methyl sites for hydroxylation is 1. The number of non-ortho nitro benzene ring substituents is 1. The first-order valence-electron chi connectivity index (χ1n) is 8.31. The van der Waals surface area contributed by atoms with Crippen molar-refractivity contribution in [1.29, 1.82) is 0 Å². The van der Waals surface area contributed by atoms with Gasteiger partial charge in [0.1, 0.15) is 5.82 Å². The number of nitro groups is 1. The predicted molar refractivity (Wildman–Crippen MR) is 95.6 cm³/mol. The van der Waals surface area contributed by atoms with Crippen molar-refractivity contribution in [2.45, 2.75) is 12.8 Å². The maximum Gasteiger partial charge on any atom is 0.272 e. The summed E-state index contributed by atoms with van der Waals surface area (Å²) in [5.74, 6) is -2.39. The lowest BCUT2D eigenvalue weighted by Crippen LogP contribution is -2.47. The van der Waals surface area contributed by atoms with Gasteiger partial charge in [-0.05, 0) is 30.5 Å². The molecule has 8 nitrogen and oxygen atoms in total. The Balaban J connectivity index is 1.58. The summed E-state index contributed by atoms with van der Waals surface area (Å²) < 4.78 is 13.8. The molecule has 2 aromatic rings. The molecule has 0 unspecified atom stereocenters. The average molecular weight is 372 g/mol. The van der Waals surface area contributed by atoms with E-state index in [1.165, 1.54) is 0 Å². The number of halogens is 1. The summed E-state index contributed by atoms with van der Waals surface area (Å²) in [6.07, 6.45) is 1.87. The van der Waals surface area contributed by atoms with E-state index in [2.05, 4.69) is 10.9 Å². The number of carbonyl (C=O) groups excluding carboxylic acids is 2. The number of nitrogens with zero attached hydrogens (tertiary/aromatic N) is 2. The molecule has 0 radical (unpaired) electrons. The molecule has 1 aliphatic rings. The zero-order chi connectivity index (χ0) is 19.4. The molecule has 3 rings (SSSR count). The van der Waals surface area contributed by atoms with Crippen molar-refractivity contribution >= 4 is 23.2 Å². The van der Waals surface area contributed by atoms with Crippen LogP contribution >= 0.6 is 0 Å². The van der Waals surface area contributed by atoms with Crippen molar-refractivity contribution in [2.24, 2.45) is 0 Å². The Labute approximate surface area is 154 Å². The number of carbonyl (C=O) groups is 2. The molecule has 0 fully saturated rings. The molecule has 0 spiro atoms. The van der Waals surface area contributed by atoms with Crippen LogP contribution in [0.25, 0.3) is 0 Å². The van der Waals surface area contributed by atoms with Crippen molar-refractivity contribution < 1.29 is 18.9 Å². The highest BCUT2D eigenvalue weighted by molar-refractivity contribution is 5.96. The van der Waals surface area contributed by atoms with E-state index in [9.17, 15) is 24.1 Å². The Morgan fingerprint density at radius 3 is 2.70 bits per heavy atom. The molecule has 0 saturated heterocycles. The Hall–Kier alpha value is -3.49. The smallest absolute Gasteiger partial charge is 0.272 e. The van der Waals surface area contributed by atoms with Crippen LogP contribution in [-0.4, -0.2) is 29.8 Å². The largest absolute Gasteiger partial charge is 0.362 e. The van der Waals surface area contributed by atoms with Crippen LogP contribution in [0.15, 0.2) is 42.5 Å². The van der Waals surface area contributed by atoms with Crippen LogP contribution in [0.4, 0.5) is 15.8 Å². The third kappa shape index (κ3) is 4.20. The van der Waals surface area contributed by atoms with Crippen molar-refractivity contribution in [3.63, 3.8) is 0 Å². The van der Waals surface area contributed by atoms with Crippen LogP contribution in [0.1, 0.15) is 22.3 Å². The van der Waals surface area contributed by atoms with Crippen molar-refractivity contribution in [2.75, 3.05) is 18.0 Å². The lowest BCUT2D eigenvalue weighted by molar-refractivity contribution is -0.385. The van der Waals surface area contributed by atoms with Crippen LogP contribution in [0, 0.1) is 15.9 Å². The molecule has 140 valence electrons. The minimum Gasteiger partial charge on any atom is -0.362 e. The molecule has 0 atom stereocenters. The number of amides is 2. The van der Waals surface area contributed by atoms with Gasteiger partial charge >= 0.3 is 0 Å². The van der Waals surface area contributed by atoms with E-state index in [1.54, 1.807) is 0 Å². The first-order valence-corrected chi connectivity index (χ1v) is 8.31. The number of hydrazine groups is 1. The van der Waals surface area contributed by atoms with Crippen molar-refractivity contribution in [3.8, 4) is 0 Å². The summed E-state index contributed by atoms with van der Waals surface area (Å²) >= 11 is 0. The van der Waals surface area contributed by atoms with Gasteiger partial charge in [-0.25, -0.2) is 4.39 Å². The minimum absolute atomic E-state index is 0.0417. The quantitative estimate of drug-likeness (QED) is 0.630. The van der Waals surface area contributed by atoms with E-state index in [-0.39, 0.29) is 6.54 Å². The van der Waals surface area contributed by atoms with Crippen LogP contribution in [0.2, 0.25) is 0 Å². The maximum atomic E-state index is 13.8. The molecule has 0 aromatic heterocycles. The number of nitro benzene ring substituents is 1. The van der Waals surface area contributed by atoms with E-state index in [1.807, 2.05) is 29.2 Å². The summed E-state index contributed by atoms with van der Waals surface area (Å²) in [6, 6.07) is 10.5. The molecule has 1 aliphatic heterocycles. The molecule has 9 heteroatoms. The maximum absolute atomic E-state index is 13.8. The van der Waals surface area contributed by atoms with E-state index < -0.39 is 33.8 Å². The van der Waals surface area contributed by atoms with Gasteiger partial charge in [-0.2, -0.15) is 0 Å². The fourth-order valence-electron chi connectivity index (χ4n) is 2.98. The molecule has 0 aliphatic carbocycles. The van der Waals surface area contributed by atoms with Crippen molar-refractivity contribution in [3.05, 3.63) is 69.5 Å². The van der Waals surface area contributed by atoms with Gasteiger partial charge in [-0.15, -0.1) is 0 Å². The SMILES string of the molecule is O=C(CN1CCCc2ccccc21)NNC(=O)c1ccc([N+](=O)[O-])cc1F. The van der Waals surface area contributed by atoms with Crippen LogP contribution in [-0.2, 0) is 11.2 Å². The highest BCUT2D eigenvalue weighted by Gasteiger charge is 2.20. The molecule has 2 N–H and O–H groups in total. The summed E-state index contributed by atoms with van der Waals surface area (Å²) in [7, 11) is 0. The third-order valence-electron chi connectivity index (χ3n) is 4.26. The fraction of sp³-hybridized carbons (Fsp3) is 0.222. The number of hydrogen-bond acceptors (Lipinski definition) is 5. The van der Waals surface area contributed by atoms with Gasteiger partial charge in [0.15, 0.2) is 0 Å². The van der Waals surface area contributed by atoms with E-state index >= 15 is 0 Å². The van der Waals surface area contributed by atoms with E-state index in [4.69, 9.17) is 0 Å². The van der Waals surface area contributed by atoms with Crippen molar-refractivity contribution in [1.82, 2.24) is 10.9 Å². The zero-order valence-electron chi connectivity index (χ0n) is 14.3. The highest BCUT2D eigenvalue weighted by atomic mass is 19.1. The molecule has 2 amide bonds. The van der Waals surface area contributed by atoms with Gasteiger partial charge in [0, 0.05) is 18.3 Å². The molecule has 0 saturated carbocycles. The Bertz CT molecular complexity index is 903. The average Bonchev–Trinajstić information content (AvgIpc) is 2.66. The topological polar surface area (TPSA) is 105 Å². The number of benzene rings is 2. The predicted octanol–water partition coefficient (Wildman–Crippen LogP) is 1.95. The third-order valence-corrected chi connectivity index (χ3v) is 4.26.